The third kappa shape index (κ3) is 3.31. The van der Waals surface area contributed by atoms with E-state index in [2.05, 4.69) is 10.3 Å². The minimum absolute atomic E-state index is 0.675. The zero-order chi connectivity index (χ0) is 13.0. The van der Waals surface area contributed by atoms with Gasteiger partial charge in [0.25, 0.3) is 0 Å². The molecule has 0 radical (unpaired) electrons. The minimum Gasteiger partial charge on any atom is -0.373 e. The summed E-state index contributed by atoms with van der Waals surface area (Å²) in [6.45, 7) is 0. The van der Waals surface area contributed by atoms with Crippen molar-refractivity contribution in [3.63, 3.8) is 0 Å². The van der Waals surface area contributed by atoms with E-state index in [1.165, 1.54) is 0 Å². The highest BCUT2D eigenvalue weighted by atomic mass is 35.5. The summed E-state index contributed by atoms with van der Waals surface area (Å²) in [7, 11) is 1.83. The fraction of sp³-hybridized carbons (Fsp3) is 0.154. The number of nitrogens with one attached hydrogen (secondary N) is 1. The van der Waals surface area contributed by atoms with Crippen molar-refractivity contribution in [1.29, 1.82) is 0 Å². The molecule has 0 saturated carbocycles. The molecule has 2 rings (SSSR count). The fourth-order valence-electron chi connectivity index (χ4n) is 1.43. The van der Waals surface area contributed by atoms with Crippen molar-refractivity contribution in [2.24, 2.45) is 0 Å². The van der Waals surface area contributed by atoms with Gasteiger partial charge in [-0.2, -0.15) is 0 Å². The number of rotatable bonds is 4. The molecule has 1 aromatic carbocycles. The predicted molar refractivity (Wildman–Crippen MR) is 79.8 cm³/mol. The predicted octanol–water partition coefficient (Wildman–Crippen LogP) is 4.72. The van der Waals surface area contributed by atoms with E-state index >= 15 is 0 Å². The van der Waals surface area contributed by atoms with Gasteiger partial charge in [0.1, 0.15) is 5.82 Å². The molecule has 0 saturated heterocycles. The van der Waals surface area contributed by atoms with E-state index < -0.39 is 0 Å². The average molecular weight is 299 g/mol. The second-order valence-electron chi connectivity index (χ2n) is 3.59. The molecule has 0 unspecified atom stereocenters. The Morgan fingerprint density at radius 1 is 1.11 bits per heavy atom. The molecule has 2 nitrogen and oxygen atoms in total. The number of aromatic nitrogens is 1. The van der Waals surface area contributed by atoms with E-state index in [4.69, 9.17) is 23.2 Å². The van der Waals surface area contributed by atoms with Crippen molar-refractivity contribution >= 4 is 40.8 Å². The Morgan fingerprint density at radius 3 is 2.61 bits per heavy atom. The van der Waals surface area contributed by atoms with Crippen LogP contribution in [-0.2, 0) is 5.75 Å². The molecular formula is C13H12Cl2N2S. The van der Waals surface area contributed by atoms with E-state index in [9.17, 15) is 0 Å². The molecule has 1 aromatic heterocycles. The maximum absolute atomic E-state index is 6.12. The second-order valence-corrected chi connectivity index (χ2v) is 5.43. The van der Waals surface area contributed by atoms with Gasteiger partial charge in [-0.1, -0.05) is 35.3 Å². The number of pyridine rings is 1. The zero-order valence-corrected chi connectivity index (χ0v) is 12.1. The van der Waals surface area contributed by atoms with Crippen molar-refractivity contribution in [2.45, 2.75) is 10.6 Å². The van der Waals surface area contributed by atoms with E-state index in [1.54, 1.807) is 11.8 Å². The first-order valence-corrected chi connectivity index (χ1v) is 7.15. The van der Waals surface area contributed by atoms with Crippen LogP contribution in [0.3, 0.4) is 0 Å². The molecule has 0 fully saturated rings. The molecule has 0 aliphatic carbocycles. The number of nitrogens with zero attached hydrogens (tertiary/aromatic N) is 1. The van der Waals surface area contributed by atoms with Crippen LogP contribution in [0.2, 0.25) is 10.0 Å². The molecule has 1 heterocycles. The molecule has 0 aliphatic rings. The molecule has 5 heteroatoms. The van der Waals surface area contributed by atoms with Gasteiger partial charge in [-0.3, -0.25) is 0 Å². The summed E-state index contributed by atoms with van der Waals surface area (Å²) in [5.74, 6) is 1.51. The first-order chi connectivity index (χ1) is 8.70. The average Bonchev–Trinajstić information content (AvgIpc) is 2.39. The van der Waals surface area contributed by atoms with Crippen LogP contribution in [0.15, 0.2) is 41.3 Å². The van der Waals surface area contributed by atoms with Gasteiger partial charge in [-0.25, -0.2) is 4.98 Å². The van der Waals surface area contributed by atoms with Crippen molar-refractivity contribution in [2.75, 3.05) is 12.4 Å². The number of halogens is 2. The highest BCUT2D eigenvalue weighted by Crippen LogP contribution is 2.31. The fourth-order valence-corrected chi connectivity index (χ4v) is 2.88. The van der Waals surface area contributed by atoms with E-state index in [1.807, 2.05) is 43.4 Å². The molecule has 0 atom stereocenters. The van der Waals surface area contributed by atoms with Gasteiger partial charge in [-0.05, 0) is 24.3 Å². The summed E-state index contributed by atoms with van der Waals surface area (Å²) in [6.07, 6.45) is 0. The van der Waals surface area contributed by atoms with Gasteiger partial charge in [-0.15, -0.1) is 11.8 Å². The quantitative estimate of drug-likeness (QED) is 0.827. The van der Waals surface area contributed by atoms with E-state index in [0.717, 1.165) is 21.4 Å². The molecule has 18 heavy (non-hydrogen) atoms. The number of thioether (sulfide) groups is 1. The number of benzene rings is 1. The normalized spacial score (nSPS) is 10.4. The van der Waals surface area contributed by atoms with Crippen molar-refractivity contribution in [3.8, 4) is 0 Å². The van der Waals surface area contributed by atoms with Crippen molar-refractivity contribution in [1.82, 2.24) is 4.98 Å². The second kappa shape index (κ2) is 6.32. The maximum atomic E-state index is 6.12. The Kier molecular flexibility index (Phi) is 4.75. The lowest BCUT2D eigenvalue weighted by atomic mass is 10.3. The molecule has 0 aliphatic heterocycles. The highest BCUT2D eigenvalue weighted by molar-refractivity contribution is 7.98. The summed E-state index contributed by atoms with van der Waals surface area (Å²) in [5, 5.41) is 4.43. The van der Waals surface area contributed by atoms with Crippen LogP contribution in [0.4, 0.5) is 5.82 Å². The maximum Gasteiger partial charge on any atom is 0.126 e. The summed E-state index contributed by atoms with van der Waals surface area (Å²) in [5.41, 5.74) is 0.855. The Hall–Kier alpha value is -0.900. The Balaban J connectivity index is 2.13. The van der Waals surface area contributed by atoms with Crippen LogP contribution in [0.1, 0.15) is 5.69 Å². The van der Waals surface area contributed by atoms with Gasteiger partial charge in [0, 0.05) is 17.7 Å². The summed E-state index contributed by atoms with van der Waals surface area (Å²) < 4.78 is 0. The van der Waals surface area contributed by atoms with E-state index in [0.29, 0.717) is 10.8 Å². The van der Waals surface area contributed by atoms with Crippen LogP contribution in [0, 0.1) is 0 Å². The minimum atomic E-state index is 0.675. The lowest BCUT2D eigenvalue weighted by Crippen LogP contribution is -1.96. The smallest absolute Gasteiger partial charge is 0.126 e. The molecule has 94 valence electrons. The lowest BCUT2D eigenvalue weighted by Gasteiger charge is -2.07. The first kappa shape index (κ1) is 13.5. The van der Waals surface area contributed by atoms with Gasteiger partial charge in [0.2, 0.25) is 0 Å². The molecular weight excluding hydrogens is 287 g/mol. The molecule has 0 spiro atoms. The summed E-state index contributed by atoms with van der Waals surface area (Å²) >= 11 is 13.9. The van der Waals surface area contributed by atoms with Crippen LogP contribution < -0.4 is 5.32 Å². The summed E-state index contributed by atoms with van der Waals surface area (Å²) in [6, 6.07) is 11.5. The SMILES string of the molecule is CNc1ccc(Cl)c(CSc2ccccc2Cl)n1. The van der Waals surface area contributed by atoms with Crippen LogP contribution >= 0.6 is 35.0 Å². The number of hydrogen-bond donors (Lipinski definition) is 1. The van der Waals surface area contributed by atoms with Crippen LogP contribution in [0.5, 0.6) is 0 Å². The van der Waals surface area contributed by atoms with Crippen LogP contribution in [0.25, 0.3) is 0 Å². The molecule has 0 bridgehead atoms. The number of hydrogen-bond acceptors (Lipinski definition) is 3. The van der Waals surface area contributed by atoms with Crippen LogP contribution in [-0.4, -0.2) is 12.0 Å². The molecule has 1 N–H and O–H groups in total. The Bertz CT molecular complexity index is 546. The Labute approximate surface area is 121 Å². The molecule has 2 aromatic rings. The largest absolute Gasteiger partial charge is 0.373 e. The van der Waals surface area contributed by atoms with Gasteiger partial charge < -0.3 is 5.32 Å². The third-order valence-corrected chi connectivity index (χ3v) is 4.25. The Morgan fingerprint density at radius 2 is 1.89 bits per heavy atom. The summed E-state index contributed by atoms with van der Waals surface area (Å²) in [4.78, 5) is 5.46. The van der Waals surface area contributed by atoms with Gasteiger partial charge >= 0.3 is 0 Å². The highest BCUT2D eigenvalue weighted by Gasteiger charge is 2.06. The van der Waals surface area contributed by atoms with E-state index in [-0.39, 0.29) is 0 Å². The zero-order valence-electron chi connectivity index (χ0n) is 9.78. The van der Waals surface area contributed by atoms with Gasteiger partial charge in [0.05, 0.1) is 15.7 Å². The third-order valence-electron chi connectivity index (χ3n) is 2.38. The first-order valence-electron chi connectivity index (χ1n) is 5.41. The van der Waals surface area contributed by atoms with Crippen molar-refractivity contribution in [3.05, 3.63) is 52.1 Å². The number of anilines is 1. The van der Waals surface area contributed by atoms with Crippen molar-refractivity contribution < 1.29 is 0 Å². The lowest BCUT2D eigenvalue weighted by molar-refractivity contribution is 1.16. The molecule has 0 amide bonds. The topological polar surface area (TPSA) is 24.9 Å². The standard InChI is InChI=1S/C13H12Cl2N2S/c1-16-13-7-6-9(14)11(17-13)8-18-12-5-3-2-4-10(12)15/h2-7H,8H2,1H3,(H,16,17). The van der Waals surface area contributed by atoms with Gasteiger partial charge in [0.15, 0.2) is 0 Å². The monoisotopic (exact) mass is 298 g/mol.